The molecular weight excluding hydrogens is 306 g/mol. The summed E-state index contributed by atoms with van der Waals surface area (Å²) in [5.41, 5.74) is 8.31. The molecule has 4 nitrogen and oxygen atoms in total. The Morgan fingerprint density at radius 3 is 2.79 bits per heavy atom. The summed E-state index contributed by atoms with van der Waals surface area (Å²) in [5, 5.41) is 13.7. The Hall–Kier alpha value is -1.33. The average molecular weight is 324 g/mol. The van der Waals surface area contributed by atoms with Crippen molar-refractivity contribution in [1.82, 2.24) is 4.98 Å². The number of pyridine rings is 1. The third kappa shape index (κ3) is 2.98. The topological polar surface area (TPSA) is 71.2 Å². The van der Waals surface area contributed by atoms with Crippen molar-refractivity contribution >= 4 is 38.2 Å². The monoisotopic (exact) mass is 323 g/mol. The van der Waals surface area contributed by atoms with Crippen molar-refractivity contribution in [2.75, 3.05) is 17.7 Å². The van der Waals surface area contributed by atoms with Gasteiger partial charge in [-0.15, -0.1) is 0 Å². The molecule has 1 heterocycles. The number of hydrogen-bond acceptors (Lipinski definition) is 4. The number of nitrogens with zero attached hydrogens (tertiary/aromatic N) is 1. The van der Waals surface area contributed by atoms with Gasteiger partial charge in [-0.05, 0) is 24.1 Å². The minimum atomic E-state index is -0.0353. The second kappa shape index (κ2) is 5.75. The fourth-order valence-corrected chi connectivity index (χ4v) is 2.31. The average Bonchev–Trinajstić information content (AvgIpc) is 2.37. The Labute approximate surface area is 121 Å². The lowest BCUT2D eigenvalue weighted by atomic mass is 10.0. The number of rotatable bonds is 4. The van der Waals surface area contributed by atoms with Crippen LogP contribution >= 0.6 is 15.9 Å². The highest BCUT2D eigenvalue weighted by atomic mass is 79.9. The summed E-state index contributed by atoms with van der Waals surface area (Å²) in [6.45, 7) is 4.18. The Morgan fingerprint density at radius 1 is 1.42 bits per heavy atom. The quantitative estimate of drug-likeness (QED) is 0.808. The van der Waals surface area contributed by atoms with Crippen LogP contribution in [0.5, 0.6) is 0 Å². The standard InChI is InChI=1S/C14H18BrN3O/c1-8(2)13(7-19)18-14-10-5-9(15)3-4-12(10)17-6-11(14)16/h3-6,8,13,19H,7,16H2,1-2H3,(H,17,18). The second-order valence-electron chi connectivity index (χ2n) is 4.93. The molecule has 0 radical (unpaired) electrons. The number of fused-ring (bicyclic) bond motifs is 1. The molecule has 1 aromatic carbocycles. The zero-order valence-corrected chi connectivity index (χ0v) is 12.6. The molecular formula is C14H18BrN3O. The smallest absolute Gasteiger partial charge is 0.0743 e. The van der Waals surface area contributed by atoms with E-state index < -0.39 is 0 Å². The molecule has 0 aliphatic heterocycles. The summed E-state index contributed by atoms with van der Waals surface area (Å²) in [6.07, 6.45) is 1.65. The molecule has 0 spiro atoms. The number of aliphatic hydroxyl groups is 1. The van der Waals surface area contributed by atoms with Crippen molar-refractivity contribution in [1.29, 1.82) is 0 Å². The van der Waals surface area contributed by atoms with Gasteiger partial charge in [-0.25, -0.2) is 0 Å². The van der Waals surface area contributed by atoms with Gasteiger partial charge in [-0.3, -0.25) is 4.98 Å². The zero-order valence-electron chi connectivity index (χ0n) is 11.0. The highest BCUT2D eigenvalue weighted by molar-refractivity contribution is 9.10. The number of aliphatic hydroxyl groups excluding tert-OH is 1. The molecule has 2 aromatic rings. The third-order valence-electron chi connectivity index (χ3n) is 3.19. The van der Waals surface area contributed by atoms with Crippen molar-refractivity contribution in [2.24, 2.45) is 5.92 Å². The Kier molecular flexibility index (Phi) is 4.27. The number of halogens is 1. The molecule has 0 fully saturated rings. The van der Waals surface area contributed by atoms with Crippen LogP contribution in [0, 0.1) is 5.92 Å². The summed E-state index contributed by atoms with van der Waals surface area (Å²) in [5.74, 6) is 0.305. The van der Waals surface area contributed by atoms with Crippen LogP contribution in [0.15, 0.2) is 28.9 Å². The first-order chi connectivity index (χ1) is 9.02. The minimum Gasteiger partial charge on any atom is -0.396 e. The van der Waals surface area contributed by atoms with Crippen molar-refractivity contribution in [3.8, 4) is 0 Å². The second-order valence-corrected chi connectivity index (χ2v) is 5.84. The fourth-order valence-electron chi connectivity index (χ4n) is 1.95. The molecule has 1 aromatic heterocycles. The van der Waals surface area contributed by atoms with Gasteiger partial charge in [0, 0.05) is 9.86 Å². The first kappa shape index (κ1) is 14.1. The first-order valence-corrected chi connectivity index (χ1v) is 7.03. The first-order valence-electron chi connectivity index (χ1n) is 6.24. The van der Waals surface area contributed by atoms with E-state index in [-0.39, 0.29) is 12.6 Å². The number of benzene rings is 1. The maximum Gasteiger partial charge on any atom is 0.0743 e. The van der Waals surface area contributed by atoms with Gasteiger partial charge < -0.3 is 16.2 Å². The lowest BCUT2D eigenvalue weighted by Crippen LogP contribution is -2.29. The summed E-state index contributed by atoms with van der Waals surface area (Å²) in [4.78, 5) is 4.31. The lowest BCUT2D eigenvalue weighted by molar-refractivity contribution is 0.249. The summed E-state index contributed by atoms with van der Waals surface area (Å²) >= 11 is 3.46. The molecule has 0 aliphatic carbocycles. The van der Waals surface area contributed by atoms with Crippen LogP contribution in [0.2, 0.25) is 0 Å². The van der Waals surface area contributed by atoms with E-state index in [0.717, 1.165) is 21.1 Å². The van der Waals surface area contributed by atoms with Crippen molar-refractivity contribution < 1.29 is 5.11 Å². The normalized spacial score (nSPS) is 12.9. The summed E-state index contributed by atoms with van der Waals surface area (Å²) < 4.78 is 0.973. The SMILES string of the molecule is CC(C)C(CO)Nc1c(N)cnc2ccc(Br)cc12. The largest absolute Gasteiger partial charge is 0.396 e. The molecule has 0 amide bonds. The molecule has 1 unspecified atom stereocenters. The van der Waals surface area contributed by atoms with Crippen molar-refractivity contribution in [3.05, 3.63) is 28.9 Å². The minimum absolute atomic E-state index is 0.0353. The molecule has 2 rings (SSSR count). The maximum atomic E-state index is 9.45. The molecule has 1 atom stereocenters. The van der Waals surface area contributed by atoms with E-state index in [4.69, 9.17) is 5.73 Å². The number of nitrogen functional groups attached to an aromatic ring is 1. The molecule has 0 saturated heterocycles. The number of aromatic nitrogens is 1. The lowest BCUT2D eigenvalue weighted by Gasteiger charge is -2.23. The van der Waals surface area contributed by atoms with E-state index >= 15 is 0 Å². The van der Waals surface area contributed by atoms with Crippen molar-refractivity contribution in [2.45, 2.75) is 19.9 Å². The predicted molar refractivity (Wildman–Crippen MR) is 83.2 cm³/mol. The fraction of sp³-hybridized carbons (Fsp3) is 0.357. The molecule has 0 aliphatic rings. The number of anilines is 2. The maximum absolute atomic E-state index is 9.45. The van der Waals surface area contributed by atoms with Crippen LogP contribution in [-0.4, -0.2) is 22.7 Å². The number of nitrogens with two attached hydrogens (primary N) is 1. The highest BCUT2D eigenvalue weighted by Crippen LogP contribution is 2.31. The van der Waals surface area contributed by atoms with E-state index in [0.29, 0.717) is 11.6 Å². The van der Waals surface area contributed by atoms with Crippen molar-refractivity contribution in [3.63, 3.8) is 0 Å². The van der Waals surface area contributed by atoms with Gasteiger partial charge in [0.1, 0.15) is 0 Å². The van der Waals surface area contributed by atoms with E-state index in [9.17, 15) is 5.11 Å². The molecule has 5 heteroatoms. The van der Waals surface area contributed by atoms with Gasteiger partial charge in [0.25, 0.3) is 0 Å². The molecule has 19 heavy (non-hydrogen) atoms. The summed E-state index contributed by atoms with van der Waals surface area (Å²) in [6, 6.07) is 5.83. The molecule has 4 N–H and O–H groups in total. The molecule has 0 bridgehead atoms. The Balaban J connectivity index is 2.51. The van der Waals surface area contributed by atoms with E-state index in [1.807, 2.05) is 18.2 Å². The van der Waals surface area contributed by atoms with Crippen LogP contribution in [0.4, 0.5) is 11.4 Å². The van der Waals surface area contributed by atoms with Gasteiger partial charge in [0.15, 0.2) is 0 Å². The molecule has 102 valence electrons. The van der Waals surface area contributed by atoms with Crippen LogP contribution in [-0.2, 0) is 0 Å². The third-order valence-corrected chi connectivity index (χ3v) is 3.68. The highest BCUT2D eigenvalue weighted by Gasteiger charge is 2.15. The van der Waals surface area contributed by atoms with Gasteiger partial charge in [-0.1, -0.05) is 29.8 Å². The molecule has 0 saturated carbocycles. The van der Waals surface area contributed by atoms with Crippen LogP contribution in [0.3, 0.4) is 0 Å². The number of nitrogens with one attached hydrogen (secondary N) is 1. The number of hydrogen-bond donors (Lipinski definition) is 3. The van der Waals surface area contributed by atoms with E-state index in [1.165, 1.54) is 0 Å². The van der Waals surface area contributed by atoms with Gasteiger partial charge in [0.05, 0.1) is 35.7 Å². The predicted octanol–water partition coefficient (Wildman–Crippen LogP) is 3.01. The van der Waals surface area contributed by atoms with Crippen LogP contribution in [0.1, 0.15) is 13.8 Å². The van der Waals surface area contributed by atoms with Gasteiger partial charge in [-0.2, -0.15) is 0 Å². The van der Waals surface area contributed by atoms with Gasteiger partial charge >= 0.3 is 0 Å². The van der Waals surface area contributed by atoms with Gasteiger partial charge in [0.2, 0.25) is 0 Å². The Morgan fingerprint density at radius 2 is 2.16 bits per heavy atom. The van der Waals surface area contributed by atoms with E-state index in [1.54, 1.807) is 6.20 Å². The Bertz CT molecular complexity index is 581. The van der Waals surface area contributed by atoms with Crippen LogP contribution < -0.4 is 11.1 Å². The zero-order chi connectivity index (χ0) is 14.0. The van der Waals surface area contributed by atoms with Crippen LogP contribution in [0.25, 0.3) is 10.9 Å². The summed E-state index contributed by atoms with van der Waals surface area (Å²) in [7, 11) is 0. The van der Waals surface area contributed by atoms with E-state index in [2.05, 4.69) is 40.1 Å².